The second-order valence-corrected chi connectivity index (χ2v) is 5.59. The Morgan fingerprint density at radius 2 is 2.00 bits per heavy atom. The summed E-state index contributed by atoms with van der Waals surface area (Å²) < 4.78 is 0. The van der Waals surface area contributed by atoms with Gasteiger partial charge in [0.25, 0.3) is 0 Å². The Morgan fingerprint density at radius 3 is 2.60 bits per heavy atom. The summed E-state index contributed by atoms with van der Waals surface area (Å²) in [5.74, 6) is -1.65. The highest BCUT2D eigenvalue weighted by Gasteiger charge is 2.34. The third kappa shape index (κ3) is 2.67. The molecule has 0 radical (unpaired) electrons. The smallest absolute Gasteiger partial charge is 0.308 e. The standard InChI is InChI=1S/C15H20N2O3/c1-9(2)13(16)14(18)17-8-11(15(19)20)7-10-5-3-4-6-12(10)17/h3-6,9,11,13H,7-8,16H2,1-2H3,(H,19,20)/t11?,13-/m0/s1. The number of amides is 1. The molecule has 1 aromatic rings. The van der Waals surface area contributed by atoms with Crippen LogP contribution in [0.4, 0.5) is 5.69 Å². The number of carboxylic acid groups (broad SMARTS) is 1. The highest BCUT2D eigenvalue weighted by atomic mass is 16.4. The van der Waals surface area contributed by atoms with Crippen LogP contribution in [0.2, 0.25) is 0 Å². The number of hydrogen-bond acceptors (Lipinski definition) is 3. The highest BCUT2D eigenvalue weighted by molar-refractivity contribution is 5.99. The highest BCUT2D eigenvalue weighted by Crippen LogP contribution is 2.30. The predicted octanol–water partition coefficient (Wildman–Crippen LogP) is 1.26. The van der Waals surface area contributed by atoms with Gasteiger partial charge in [-0.25, -0.2) is 0 Å². The van der Waals surface area contributed by atoms with Crippen molar-refractivity contribution in [3.8, 4) is 0 Å². The summed E-state index contributed by atoms with van der Waals surface area (Å²) in [6.45, 7) is 3.95. The van der Waals surface area contributed by atoms with Crippen molar-refractivity contribution in [1.82, 2.24) is 0 Å². The van der Waals surface area contributed by atoms with Crippen LogP contribution in [0, 0.1) is 11.8 Å². The molecule has 0 saturated heterocycles. The van der Waals surface area contributed by atoms with E-state index < -0.39 is 17.9 Å². The maximum Gasteiger partial charge on any atom is 0.308 e. The molecule has 3 N–H and O–H groups in total. The molecule has 108 valence electrons. The van der Waals surface area contributed by atoms with E-state index in [9.17, 15) is 14.7 Å². The molecule has 0 spiro atoms. The number of rotatable bonds is 3. The van der Waals surface area contributed by atoms with Gasteiger partial charge in [0, 0.05) is 12.2 Å². The van der Waals surface area contributed by atoms with Crippen LogP contribution in [-0.2, 0) is 16.0 Å². The molecule has 1 unspecified atom stereocenters. The Kier molecular flexibility index (Phi) is 4.09. The Morgan fingerprint density at radius 1 is 1.35 bits per heavy atom. The van der Waals surface area contributed by atoms with Gasteiger partial charge in [-0.05, 0) is 24.0 Å². The zero-order chi connectivity index (χ0) is 14.9. The number of carbonyl (C=O) groups excluding carboxylic acids is 1. The summed E-state index contributed by atoms with van der Waals surface area (Å²) in [6, 6.07) is 6.80. The van der Waals surface area contributed by atoms with Crippen molar-refractivity contribution in [3.05, 3.63) is 29.8 Å². The molecule has 0 aliphatic carbocycles. The first kappa shape index (κ1) is 14.5. The van der Waals surface area contributed by atoms with Crippen LogP contribution in [0.3, 0.4) is 0 Å². The Bertz CT molecular complexity index is 528. The SMILES string of the molecule is CC(C)[C@H](N)C(=O)N1CC(C(=O)O)Cc2ccccc21. The number of nitrogens with two attached hydrogens (primary N) is 1. The molecule has 1 aliphatic rings. The summed E-state index contributed by atoms with van der Waals surface area (Å²) in [4.78, 5) is 25.3. The minimum atomic E-state index is -0.879. The fourth-order valence-electron chi connectivity index (χ4n) is 2.43. The zero-order valence-electron chi connectivity index (χ0n) is 11.7. The van der Waals surface area contributed by atoms with Crippen LogP contribution in [0.25, 0.3) is 0 Å². The van der Waals surface area contributed by atoms with Gasteiger partial charge in [-0.1, -0.05) is 32.0 Å². The molecule has 0 aromatic heterocycles. The quantitative estimate of drug-likeness (QED) is 0.870. The van der Waals surface area contributed by atoms with E-state index in [-0.39, 0.29) is 18.4 Å². The number of hydrogen-bond donors (Lipinski definition) is 2. The van der Waals surface area contributed by atoms with Crippen LogP contribution in [0.15, 0.2) is 24.3 Å². The van der Waals surface area contributed by atoms with E-state index >= 15 is 0 Å². The van der Waals surface area contributed by atoms with Gasteiger partial charge < -0.3 is 15.7 Å². The number of para-hydroxylation sites is 1. The van der Waals surface area contributed by atoms with Gasteiger partial charge in [-0.15, -0.1) is 0 Å². The molecule has 2 rings (SSSR count). The van der Waals surface area contributed by atoms with Crippen LogP contribution < -0.4 is 10.6 Å². The van der Waals surface area contributed by atoms with Gasteiger partial charge in [-0.2, -0.15) is 0 Å². The Hall–Kier alpha value is -1.88. The number of nitrogens with zero attached hydrogens (tertiary/aromatic N) is 1. The first-order valence-corrected chi connectivity index (χ1v) is 6.79. The molecule has 20 heavy (non-hydrogen) atoms. The Labute approximate surface area is 118 Å². The van der Waals surface area contributed by atoms with E-state index in [1.807, 2.05) is 38.1 Å². The number of aliphatic carboxylic acids is 1. The van der Waals surface area contributed by atoms with E-state index in [4.69, 9.17) is 5.73 Å². The molecule has 1 amide bonds. The van der Waals surface area contributed by atoms with E-state index in [0.717, 1.165) is 11.3 Å². The number of carboxylic acids is 1. The van der Waals surface area contributed by atoms with Gasteiger partial charge in [0.15, 0.2) is 0 Å². The molecule has 2 atom stereocenters. The Balaban J connectivity index is 2.36. The van der Waals surface area contributed by atoms with Gasteiger partial charge in [0.2, 0.25) is 5.91 Å². The van der Waals surface area contributed by atoms with Crippen molar-refractivity contribution >= 4 is 17.6 Å². The molecule has 5 nitrogen and oxygen atoms in total. The van der Waals surface area contributed by atoms with Crippen molar-refractivity contribution in [2.45, 2.75) is 26.3 Å². The third-order valence-corrected chi connectivity index (χ3v) is 3.77. The van der Waals surface area contributed by atoms with Crippen molar-refractivity contribution in [2.24, 2.45) is 17.6 Å². The van der Waals surface area contributed by atoms with Gasteiger partial charge in [0.05, 0.1) is 12.0 Å². The van der Waals surface area contributed by atoms with Gasteiger partial charge >= 0.3 is 5.97 Å². The van der Waals surface area contributed by atoms with Crippen LogP contribution in [0.1, 0.15) is 19.4 Å². The normalized spacial score (nSPS) is 19.6. The van der Waals surface area contributed by atoms with Gasteiger partial charge in [0.1, 0.15) is 0 Å². The maximum absolute atomic E-state index is 12.5. The molecule has 0 fully saturated rings. The zero-order valence-corrected chi connectivity index (χ0v) is 11.7. The lowest BCUT2D eigenvalue weighted by Gasteiger charge is -2.35. The number of fused-ring (bicyclic) bond motifs is 1. The second kappa shape index (κ2) is 5.63. The summed E-state index contributed by atoms with van der Waals surface area (Å²) >= 11 is 0. The lowest BCUT2D eigenvalue weighted by atomic mass is 9.91. The van der Waals surface area contributed by atoms with E-state index in [2.05, 4.69) is 0 Å². The minimum Gasteiger partial charge on any atom is -0.481 e. The summed E-state index contributed by atoms with van der Waals surface area (Å²) in [7, 11) is 0. The first-order valence-electron chi connectivity index (χ1n) is 6.79. The molecule has 1 aromatic carbocycles. The van der Waals surface area contributed by atoms with Crippen LogP contribution in [-0.4, -0.2) is 29.6 Å². The fraction of sp³-hybridized carbons (Fsp3) is 0.467. The number of anilines is 1. The van der Waals surface area contributed by atoms with Crippen molar-refractivity contribution in [2.75, 3.05) is 11.4 Å². The molecule has 1 heterocycles. The molecule has 1 aliphatic heterocycles. The van der Waals surface area contributed by atoms with Gasteiger partial charge in [-0.3, -0.25) is 9.59 Å². The third-order valence-electron chi connectivity index (χ3n) is 3.77. The molecular formula is C15H20N2O3. The average Bonchev–Trinajstić information content (AvgIpc) is 2.44. The second-order valence-electron chi connectivity index (χ2n) is 5.59. The first-order chi connectivity index (χ1) is 9.41. The molecule has 0 bridgehead atoms. The number of carbonyl (C=O) groups is 2. The van der Waals surface area contributed by atoms with E-state index in [1.165, 1.54) is 4.90 Å². The van der Waals surface area contributed by atoms with E-state index in [1.54, 1.807) is 0 Å². The largest absolute Gasteiger partial charge is 0.481 e. The molecule has 0 saturated carbocycles. The van der Waals surface area contributed by atoms with Crippen LogP contribution in [0.5, 0.6) is 0 Å². The molecular weight excluding hydrogens is 256 g/mol. The lowest BCUT2D eigenvalue weighted by molar-refractivity contribution is -0.141. The summed E-state index contributed by atoms with van der Waals surface area (Å²) in [6.07, 6.45) is 0.451. The maximum atomic E-state index is 12.5. The summed E-state index contributed by atoms with van der Waals surface area (Å²) in [5, 5.41) is 9.24. The van der Waals surface area contributed by atoms with Crippen LogP contribution >= 0.6 is 0 Å². The average molecular weight is 276 g/mol. The lowest BCUT2D eigenvalue weighted by Crippen LogP contribution is -2.51. The topological polar surface area (TPSA) is 83.6 Å². The predicted molar refractivity (Wildman–Crippen MR) is 76.4 cm³/mol. The number of benzene rings is 1. The van der Waals surface area contributed by atoms with Crippen molar-refractivity contribution < 1.29 is 14.7 Å². The monoisotopic (exact) mass is 276 g/mol. The fourth-order valence-corrected chi connectivity index (χ4v) is 2.43. The molecule has 5 heteroatoms. The van der Waals surface area contributed by atoms with Crippen molar-refractivity contribution in [3.63, 3.8) is 0 Å². The van der Waals surface area contributed by atoms with E-state index in [0.29, 0.717) is 6.42 Å². The van der Waals surface area contributed by atoms with Crippen molar-refractivity contribution in [1.29, 1.82) is 0 Å². The summed E-state index contributed by atoms with van der Waals surface area (Å²) in [5.41, 5.74) is 7.60. The minimum absolute atomic E-state index is 0.0138.